The zero-order valence-corrected chi connectivity index (χ0v) is 8.06. The number of nitrogens with one attached hydrogen (secondary N) is 1. The van der Waals surface area contributed by atoms with Crippen LogP contribution in [0.3, 0.4) is 0 Å². The number of hydrogen-bond donors (Lipinski definition) is 1. The number of nitrogens with zero attached hydrogens (tertiary/aromatic N) is 2. The van der Waals surface area contributed by atoms with Gasteiger partial charge in [-0.25, -0.2) is 4.79 Å². The van der Waals surface area contributed by atoms with E-state index < -0.39 is 0 Å². The average molecular weight is 195 g/mol. The topological polar surface area (TPSA) is 56.0 Å². The third-order valence-electron chi connectivity index (χ3n) is 2.64. The first-order valence-electron chi connectivity index (χ1n) is 4.69. The molecule has 1 saturated heterocycles. The van der Waals surface area contributed by atoms with Crippen LogP contribution in [0.15, 0.2) is 21.9 Å². The quantitative estimate of drug-likeness (QED) is 0.630. The minimum absolute atomic E-state index is 0.189. The minimum Gasteiger partial charge on any atom is -0.315 e. The van der Waals surface area contributed by atoms with Crippen molar-refractivity contribution in [1.29, 1.82) is 0 Å². The Labute approximate surface area is 81.0 Å². The predicted molar refractivity (Wildman–Crippen MR) is 52.5 cm³/mol. The molecule has 0 aromatic carbocycles. The monoisotopic (exact) mass is 195 g/mol. The van der Waals surface area contributed by atoms with Crippen molar-refractivity contribution in [3.8, 4) is 0 Å². The van der Waals surface area contributed by atoms with Crippen LogP contribution in [-0.4, -0.2) is 22.2 Å². The Morgan fingerprint density at radius 1 is 1.50 bits per heavy atom. The third-order valence-corrected chi connectivity index (χ3v) is 2.64. The van der Waals surface area contributed by atoms with Crippen LogP contribution >= 0.6 is 0 Å². The minimum atomic E-state index is -0.253. The van der Waals surface area contributed by atoms with E-state index in [4.69, 9.17) is 0 Å². The molecule has 1 N–H and O–H groups in total. The Balaban J connectivity index is 2.49. The zero-order chi connectivity index (χ0) is 10.1. The molecule has 0 bridgehead atoms. The zero-order valence-electron chi connectivity index (χ0n) is 8.06. The molecule has 14 heavy (non-hydrogen) atoms. The van der Waals surface area contributed by atoms with E-state index in [-0.39, 0.29) is 17.3 Å². The Bertz CT molecular complexity index is 440. The van der Waals surface area contributed by atoms with Crippen LogP contribution in [0.4, 0.5) is 0 Å². The van der Waals surface area contributed by atoms with E-state index >= 15 is 0 Å². The molecule has 1 aliphatic rings. The summed E-state index contributed by atoms with van der Waals surface area (Å²) in [7, 11) is 1.50. The number of rotatable bonds is 1. The van der Waals surface area contributed by atoms with Gasteiger partial charge in [0.2, 0.25) is 0 Å². The lowest BCUT2D eigenvalue weighted by molar-refractivity contribution is 0.495. The van der Waals surface area contributed by atoms with Gasteiger partial charge in [-0.15, -0.1) is 0 Å². The van der Waals surface area contributed by atoms with Crippen molar-refractivity contribution in [1.82, 2.24) is 14.5 Å². The molecule has 0 spiro atoms. The highest BCUT2D eigenvalue weighted by Gasteiger charge is 2.17. The van der Waals surface area contributed by atoms with Crippen LogP contribution < -0.4 is 16.6 Å². The van der Waals surface area contributed by atoms with Crippen molar-refractivity contribution in [2.24, 2.45) is 7.05 Å². The molecular weight excluding hydrogens is 182 g/mol. The molecule has 0 saturated carbocycles. The second kappa shape index (κ2) is 3.42. The van der Waals surface area contributed by atoms with Gasteiger partial charge in [0, 0.05) is 25.9 Å². The summed E-state index contributed by atoms with van der Waals surface area (Å²) in [6.45, 7) is 1.73. The summed E-state index contributed by atoms with van der Waals surface area (Å²) in [5.41, 5.74) is -0.483. The van der Waals surface area contributed by atoms with Gasteiger partial charge in [0.15, 0.2) is 0 Å². The first-order valence-corrected chi connectivity index (χ1v) is 4.69. The second-order valence-corrected chi connectivity index (χ2v) is 3.55. The van der Waals surface area contributed by atoms with E-state index in [1.165, 1.54) is 13.1 Å². The molecular formula is C9H13N3O2. The molecule has 76 valence electrons. The maximum atomic E-state index is 11.7. The van der Waals surface area contributed by atoms with Gasteiger partial charge in [-0.05, 0) is 13.0 Å². The summed E-state index contributed by atoms with van der Waals surface area (Å²) in [6.07, 6.45) is 2.53. The summed E-state index contributed by atoms with van der Waals surface area (Å²) in [5.74, 6) is 0. The van der Waals surface area contributed by atoms with E-state index in [0.717, 1.165) is 24.1 Å². The molecule has 1 fully saturated rings. The summed E-state index contributed by atoms with van der Waals surface area (Å²) in [5, 5.41) is 3.19. The average Bonchev–Trinajstić information content (AvgIpc) is 2.67. The van der Waals surface area contributed by atoms with Crippen LogP contribution in [0.5, 0.6) is 0 Å². The lowest BCUT2D eigenvalue weighted by Crippen LogP contribution is -2.39. The fraction of sp³-hybridized carbons (Fsp3) is 0.556. The Morgan fingerprint density at radius 3 is 2.93 bits per heavy atom. The Morgan fingerprint density at radius 2 is 2.29 bits per heavy atom. The van der Waals surface area contributed by atoms with Crippen molar-refractivity contribution < 1.29 is 0 Å². The van der Waals surface area contributed by atoms with Crippen molar-refractivity contribution in [3.05, 3.63) is 33.1 Å². The van der Waals surface area contributed by atoms with E-state index in [1.54, 1.807) is 10.8 Å². The Kier molecular flexibility index (Phi) is 2.25. The lowest BCUT2D eigenvalue weighted by Gasteiger charge is -2.12. The lowest BCUT2D eigenvalue weighted by atomic mass is 10.2. The molecule has 0 aliphatic carbocycles. The van der Waals surface area contributed by atoms with Gasteiger partial charge in [0.1, 0.15) is 0 Å². The maximum absolute atomic E-state index is 11.7. The number of hydrogen-bond acceptors (Lipinski definition) is 3. The third kappa shape index (κ3) is 1.39. The van der Waals surface area contributed by atoms with Crippen LogP contribution in [0.25, 0.3) is 0 Å². The molecule has 1 aromatic heterocycles. The molecule has 5 heteroatoms. The molecule has 2 rings (SSSR count). The van der Waals surface area contributed by atoms with Gasteiger partial charge in [0.05, 0.1) is 6.04 Å². The fourth-order valence-corrected chi connectivity index (χ4v) is 1.74. The van der Waals surface area contributed by atoms with Gasteiger partial charge >= 0.3 is 5.69 Å². The second-order valence-electron chi connectivity index (χ2n) is 3.55. The molecule has 0 amide bonds. The van der Waals surface area contributed by atoms with Crippen molar-refractivity contribution in [2.75, 3.05) is 13.1 Å². The van der Waals surface area contributed by atoms with Crippen molar-refractivity contribution >= 4 is 0 Å². The van der Waals surface area contributed by atoms with Crippen LogP contribution in [-0.2, 0) is 7.05 Å². The largest absolute Gasteiger partial charge is 0.330 e. The highest BCUT2D eigenvalue weighted by molar-refractivity contribution is 4.90. The highest BCUT2D eigenvalue weighted by Crippen LogP contribution is 2.10. The van der Waals surface area contributed by atoms with E-state index in [2.05, 4.69) is 5.32 Å². The standard InChI is InChI=1S/C9H13N3O2/c1-11-8(13)3-5-12(9(11)14)7-2-4-10-6-7/h3,5,7,10H,2,4,6H2,1H3/t7-/m1/s1. The summed E-state index contributed by atoms with van der Waals surface area (Å²) >= 11 is 0. The molecule has 1 aliphatic heterocycles. The van der Waals surface area contributed by atoms with Crippen molar-refractivity contribution in [2.45, 2.75) is 12.5 Å². The van der Waals surface area contributed by atoms with Gasteiger partial charge in [0.25, 0.3) is 5.56 Å². The number of aromatic nitrogens is 2. The molecule has 1 aromatic rings. The maximum Gasteiger partial charge on any atom is 0.330 e. The smallest absolute Gasteiger partial charge is 0.315 e. The summed E-state index contributed by atoms with van der Waals surface area (Å²) in [4.78, 5) is 22.8. The molecule has 0 unspecified atom stereocenters. The first-order chi connectivity index (χ1) is 6.70. The Hall–Kier alpha value is -1.36. The molecule has 5 nitrogen and oxygen atoms in total. The van der Waals surface area contributed by atoms with Crippen LogP contribution in [0, 0.1) is 0 Å². The highest BCUT2D eigenvalue weighted by atomic mass is 16.2. The SMILES string of the molecule is Cn1c(=O)ccn([C@@H]2CCNC2)c1=O. The van der Waals surface area contributed by atoms with Crippen LogP contribution in [0.1, 0.15) is 12.5 Å². The van der Waals surface area contributed by atoms with Gasteiger partial charge in [-0.1, -0.05) is 0 Å². The summed E-state index contributed by atoms with van der Waals surface area (Å²) in [6, 6.07) is 1.62. The molecule has 1 atom stereocenters. The van der Waals surface area contributed by atoms with Gasteiger partial charge < -0.3 is 5.32 Å². The van der Waals surface area contributed by atoms with E-state index in [1.807, 2.05) is 0 Å². The van der Waals surface area contributed by atoms with Crippen LogP contribution in [0.2, 0.25) is 0 Å². The summed E-state index contributed by atoms with van der Waals surface area (Å²) < 4.78 is 2.76. The predicted octanol–water partition coefficient (Wildman–Crippen LogP) is -0.919. The first kappa shape index (κ1) is 9.21. The molecule has 2 heterocycles. The normalized spacial score (nSPS) is 21.4. The fourth-order valence-electron chi connectivity index (χ4n) is 1.74. The van der Waals surface area contributed by atoms with Gasteiger partial charge in [-0.3, -0.25) is 13.9 Å². The van der Waals surface area contributed by atoms with Gasteiger partial charge in [-0.2, -0.15) is 0 Å². The van der Waals surface area contributed by atoms with Crippen molar-refractivity contribution in [3.63, 3.8) is 0 Å². The van der Waals surface area contributed by atoms with E-state index in [9.17, 15) is 9.59 Å². The van der Waals surface area contributed by atoms with E-state index in [0.29, 0.717) is 0 Å². The molecule has 0 radical (unpaired) electrons.